The second kappa shape index (κ2) is 8.78. The molecule has 7 heteroatoms. The molecule has 3 heterocycles. The SMILES string of the molecule is Cc1nn(-c2ccccc2)cc1C(=O)N1CCCC(CNC(=O)C2CCCN2)C1. The number of hydrogen-bond donors (Lipinski definition) is 2. The van der Waals surface area contributed by atoms with Crippen LogP contribution in [0.3, 0.4) is 0 Å². The number of aryl methyl sites for hydroxylation is 1. The van der Waals surface area contributed by atoms with Gasteiger partial charge in [-0.15, -0.1) is 0 Å². The molecule has 4 rings (SSSR count). The zero-order valence-corrected chi connectivity index (χ0v) is 16.9. The minimum absolute atomic E-state index is 0.0261. The molecular formula is C22H29N5O2. The molecule has 29 heavy (non-hydrogen) atoms. The Labute approximate surface area is 171 Å². The molecule has 2 saturated heterocycles. The molecular weight excluding hydrogens is 366 g/mol. The first-order valence-corrected chi connectivity index (χ1v) is 10.5. The Morgan fingerprint density at radius 2 is 2.03 bits per heavy atom. The lowest BCUT2D eigenvalue weighted by Crippen LogP contribution is -2.46. The van der Waals surface area contributed by atoms with E-state index in [0.29, 0.717) is 24.6 Å². The van der Waals surface area contributed by atoms with Crippen molar-refractivity contribution >= 4 is 11.8 Å². The van der Waals surface area contributed by atoms with E-state index < -0.39 is 0 Å². The van der Waals surface area contributed by atoms with Crippen molar-refractivity contribution in [2.75, 3.05) is 26.2 Å². The van der Waals surface area contributed by atoms with Gasteiger partial charge < -0.3 is 15.5 Å². The van der Waals surface area contributed by atoms with Gasteiger partial charge in [-0.1, -0.05) is 18.2 Å². The zero-order valence-electron chi connectivity index (χ0n) is 16.9. The van der Waals surface area contributed by atoms with Crippen LogP contribution in [-0.4, -0.2) is 58.7 Å². The van der Waals surface area contributed by atoms with Crippen LogP contribution in [0.5, 0.6) is 0 Å². The van der Waals surface area contributed by atoms with E-state index in [1.807, 2.05) is 48.4 Å². The highest BCUT2D eigenvalue weighted by molar-refractivity contribution is 5.95. The fourth-order valence-corrected chi connectivity index (χ4v) is 4.25. The quantitative estimate of drug-likeness (QED) is 0.811. The first kappa shape index (κ1) is 19.6. The number of para-hydroxylation sites is 1. The van der Waals surface area contributed by atoms with Gasteiger partial charge in [-0.25, -0.2) is 4.68 Å². The molecule has 2 fully saturated rings. The molecule has 7 nitrogen and oxygen atoms in total. The van der Waals surface area contributed by atoms with Gasteiger partial charge in [0, 0.05) is 25.8 Å². The van der Waals surface area contributed by atoms with Crippen molar-refractivity contribution in [3.05, 3.63) is 47.8 Å². The average Bonchev–Trinajstić information content (AvgIpc) is 3.42. The van der Waals surface area contributed by atoms with Crippen molar-refractivity contribution in [3.63, 3.8) is 0 Å². The fraction of sp³-hybridized carbons (Fsp3) is 0.500. The minimum atomic E-state index is -0.0530. The summed E-state index contributed by atoms with van der Waals surface area (Å²) >= 11 is 0. The first-order chi connectivity index (χ1) is 14.1. The van der Waals surface area contributed by atoms with Crippen molar-refractivity contribution < 1.29 is 9.59 Å². The van der Waals surface area contributed by atoms with Gasteiger partial charge in [0.1, 0.15) is 0 Å². The largest absolute Gasteiger partial charge is 0.354 e. The van der Waals surface area contributed by atoms with E-state index in [1.165, 1.54) is 0 Å². The van der Waals surface area contributed by atoms with E-state index in [0.717, 1.165) is 50.2 Å². The number of nitrogens with zero attached hydrogens (tertiary/aromatic N) is 3. The van der Waals surface area contributed by atoms with Crippen LogP contribution in [0.4, 0.5) is 0 Å². The van der Waals surface area contributed by atoms with E-state index in [2.05, 4.69) is 15.7 Å². The number of benzene rings is 1. The molecule has 0 aliphatic carbocycles. The maximum absolute atomic E-state index is 13.1. The van der Waals surface area contributed by atoms with Crippen LogP contribution in [0.15, 0.2) is 36.5 Å². The molecule has 1 aromatic carbocycles. The number of piperidine rings is 1. The summed E-state index contributed by atoms with van der Waals surface area (Å²) in [6.07, 6.45) is 5.78. The Kier molecular flexibility index (Phi) is 5.94. The molecule has 2 aromatic rings. The van der Waals surface area contributed by atoms with Crippen LogP contribution in [0.25, 0.3) is 5.69 Å². The summed E-state index contributed by atoms with van der Waals surface area (Å²) < 4.78 is 1.76. The van der Waals surface area contributed by atoms with Crippen LogP contribution < -0.4 is 10.6 Å². The fourth-order valence-electron chi connectivity index (χ4n) is 4.25. The third-order valence-electron chi connectivity index (χ3n) is 5.90. The number of hydrogen-bond acceptors (Lipinski definition) is 4. The topological polar surface area (TPSA) is 79.3 Å². The van der Waals surface area contributed by atoms with Gasteiger partial charge in [0.15, 0.2) is 0 Å². The molecule has 2 amide bonds. The third kappa shape index (κ3) is 4.50. The maximum atomic E-state index is 13.1. The van der Waals surface area contributed by atoms with Crippen molar-refractivity contribution in [1.29, 1.82) is 0 Å². The van der Waals surface area contributed by atoms with Crippen molar-refractivity contribution in [3.8, 4) is 5.69 Å². The van der Waals surface area contributed by atoms with Crippen molar-refractivity contribution in [2.45, 2.75) is 38.6 Å². The highest BCUT2D eigenvalue weighted by atomic mass is 16.2. The summed E-state index contributed by atoms with van der Waals surface area (Å²) in [6, 6.07) is 9.76. The lowest BCUT2D eigenvalue weighted by Gasteiger charge is -2.33. The Bertz CT molecular complexity index is 857. The second-order valence-corrected chi connectivity index (χ2v) is 8.06. The third-order valence-corrected chi connectivity index (χ3v) is 5.90. The van der Waals surface area contributed by atoms with E-state index in [-0.39, 0.29) is 17.9 Å². The molecule has 2 unspecified atom stereocenters. The first-order valence-electron chi connectivity index (χ1n) is 10.5. The van der Waals surface area contributed by atoms with Crippen LogP contribution in [-0.2, 0) is 4.79 Å². The Hall–Kier alpha value is -2.67. The molecule has 1 aromatic heterocycles. The highest BCUT2D eigenvalue weighted by Crippen LogP contribution is 2.20. The van der Waals surface area contributed by atoms with Gasteiger partial charge in [-0.05, 0) is 57.2 Å². The van der Waals surface area contributed by atoms with E-state index in [4.69, 9.17) is 0 Å². The predicted octanol–water partition coefficient (Wildman–Crippen LogP) is 1.90. The minimum Gasteiger partial charge on any atom is -0.354 e. The number of carbonyl (C=O) groups is 2. The van der Waals surface area contributed by atoms with Gasteiger partial charge >= 0.3 is 0 Å². The summed E-state index contributed by atoms with van der Waals surface area (Å²) in [7, 11) is 0. The summed E-state index contributed by atoms with van der Waals surface area (Å²) in [6.45, 7) is 4.85. The standard InChI is InChI=1S/C22H29N5O2/c1-16-19(15-27(25-16)18-8-3-2-4-9-18)22(29)26-12-6-7-17(14-26)13-24-21(28)20-10-5-11-23-20/h2-4,8-9,15,17,20,23H,5-7,10-14H2,1H3,(H,24,28). The van der Waals surface area contributed by atoms with Gasteiger partial charge in [0.2, 0.25) is 5.91 Å². The number of amides is 2. The van der Waals surface area contributed by atoms with Crippen molar-refractivity contribution in [2.24, 2.45) is 5.92 Å². The lowest BCUT2D eigenvalue weighted by atomic mass is 9.97. The number of rotatable bonds is 5. The van der Waals surface area contributed by atoms with E-state index in [9.17, 15) is 9.59 Å². The molecule has 2 aliphatic heterocycles. The number of likely N-dealkylation sites (tertiary alicyclic amines) is 1. The summed E-state index contributed by atoms with van der Waals surface area (Å²) in [5, 5.41) is 10.8. The maximum Gasteiger partial charge on any atom is 0.257 e. The summed E-state index contributed by atoms with van der Waals surface area (Å²) in [5.41, 5.74) is 2.32. The molecule has 2 aliphatic rings. The average molecular weight is 396 g/mol. The van der Waals surface area contributed by atoms with Gasteiger partial charge in [0.25, 0.3) is 5.91 Å². The normalized spacial score (nSPS) is 21.9. The lowest BCUT2D eigenvalue weighted by molar-refractivity contribution is -0.123. The molecule has 0 bridgehead atoms. The van der Waals surface area contributed by atoms with Crippen LogP contribution in [0.1, 0.15) is 41.7 Å². The highest BCUT2D eigenvalue weighted by Gasteiger charge is 2.28. The van der Waals surface area contributed by atoms with Crippen LogP contribution in [0, 0.1) is 12.8 Å². The zero-order chi connectivity index (χ0) is 20.2. The number of aromatic nitrogens is 2. The Morgan fingerprint density at radius 3 is 2.79 bits per heavy atom. The summed E-state index contributed by atoms with van der Waals surface area (Å²) in [5.74, 6) is 0.409. The van der Waals surface area contributed by atoms with E-state index in [1.54, 1.807) is 4.68 Å². The molecule has 2 N–H and O–H groups in total. The van der Waals surface area contributed by atoms with Crippen molar-refractivity contribution in [1.82, 2.24) is 25.3 Å². The summed E-state index contributed by atoms with van der Waals surface area (Å²) in [4.78, 5) is 27.3. The predicted molar refractivity (Wildman–Crippen MR) is 111 cm³/mol. The number of nitrogens with one attached hydrogen (secondary N) is 2. The van der Waals surface area contributed by atoms with Gasteiger partial charge in [0.05, 0.1) is 23.0 Å². The number of carbonyl (C=O) groups excluding carboxylic acids is 2. The van der Waals surface area contributed by atoms with Crippen LogP contribution in [0.2, 0.25) is 0 Å². The van der Waals surface area contributed by atoms with E-state index >= 15 is 0 Å². The van der Waals surface area contributed by atoms with Crippen LogP contribution >= 0.6 is 0 Å². The van der Waals surface area contributed by atoms with Gasteiger partial charge in [-0.2, -0.15) is 5.10 Å². The molecule has 0 radical (unpaired) electrons. The molecule has 2 atom stereocenters. The molecule has 154 valence electrons. The smallest absolute Gasteiger partial charge is 0.257 e. The Balaban J connectivity index is 1.37. The molecule has 0 saturated carbocycles. The van der Waals surface area contributed by atoms with Gasteiger partial charge in [-0.3, -0.25) is 9.59 Å². The Morgan fingerprint density at radius 1 is 1.21 bits per heavy atom. The second-order valence-electron chi connectivity index (χ2n) is 8.06. The molecule has 0 spiro atoms. The monoisotopic (exact) mass is 395 g/mol.